The van der Waals surface area contributed by atoms with Crippen molar-refractivity contribution >= 4 is 23.3 Å². The predicted molar refractivity (Wildman–Crippen MR) is 70.7 cm³/mol. The number of benzene rings is 1. The van der Waals surface area contributed by atoms with Gasteiger partial charge in [0.25, 0.3) is 0 Å². The van der Waals surface area contributed by atoms with Gasteiger partial charge in [-0.2, -0.15) is 0 Å². The molecule has 1 atom stereocenters. The average Bonchev–Trinajstić information content (AvgIpc) is 2.25. The highest BCUT2D eigenvalue weighted by molar-refractivity contribution is 7.80. The van der Waals surface area contributed by atoms with Crippen LogP contribution in [0.2, 0.25) is 0 Å². The minimum atomic E-state index is -0.526. The lowest BCUT2D eigenvalue weighted by atomic mass is 10.1. The van der Waals surface area contributed by atoms with E-state index in [4.69, 9.17) is 22.7 Å². The molecule has 17 heavy (non-hydrogen) atoms. The molecular formula is C12H16N2O2S. The van der Waals surface area contributed by atoms with Crippen LogP contribution in [0.1, 0.15) is 25.5 Å². The number of carbonyl (C=O) groups is 1. The Morgan fingerprint density at radius 2 is 1.94 bits per heavy atom. The minimum absolute atomic E-state index is 0.183. The molecule has 0 aromatic heterocycles. The van der Waals surface area contributed by atoms with Crippen molar-refractivity contribution in [1.82, 2.24) is 5.32 Å². The molecule has 0 aliphatic carbocycles. The van der Waals surface area contributed by atoms with Gasteiger partial charge in [0.1, 0.15) is 11.0 Å². The van der Waals surface area contributed by atoms with E-state index in [2.05, 4.69) is 5.32 Å². The highest BCUT2D eigenvalue weighted by atomic mass is 32.1. The molecule has 5 heteroatoms. The maximum atomic E-state index is 11.5. The van der Waals surface area contributed by atoms with E-state index in [1.165, 1.54) is 0 Å². The van der Waals surface area contributed by atoms with Gasteiger partial charge < -0.3 is 15.8 Å². The van der Waals surface area contributed by atoms with Crippen LogP contribution < -0.4 is 11.1 Å². The first-order valence-corrected chi connectivity index (χ1v) is 5.73. The first-order valence-electron chi connectivity index (χ1n) is 5.32. The second-order valence-corrected chi connectivity index (χ2v) is 4.32. The Bertz CT molecular complexity index is 393. The van der Waals surface area contributed by atoms with E-state index in [1.54, 1.807) is 13.8 Å². The topological polar surface area (TPSA) is 64.3 Å². The van der Waals surface area contributed by atoms with Crippen LogP contribution >= 0.6 is 12.2 Å². The molecule has 0 radical (unpaired) electrons. The number of hydrogen-bond donors (Lipinski definition) is 2. The summed E-state index contributed by atoms with van der Waals surface area (Å²) in [7, 11) is 0. The number of ether oxygens (including phenoxy) is 1. The summed E-state index contributed by atoms with van der Waals surface area (Å²) < 4.78 is 4.99. The summed E-state index contributed by atoms with van der Waals surface area (Å²) in [5, 5.41) is 2.64. The fraction of sp³-hybridized carbons (Fsp3) is 0.333. The number of alkyl carbamates (subject to hydrolysis) is 1. The quantitative estimate of drug-likeness (QED) is 0.806. The van der Waals surface area contributed by atoms with Gasteiger partial charge in [0.2, 0.25) is 0 Å². The lowest BCUT2D eigenvalue weighted by Crippen LogP contribution is -2.37. The Morgan fingerprint density at radius 3 is 2.41 bits per heavy atom. The van der Waals surface area contributed by atoms with Crippen LogP contribution in [-0.4, -0.2) is 17.2 Å². The van der Waals surface area contributed by atoms with Gasteiger partial charge in [0.05, 0.1) is 6.10 Å². The number of thiocarbonyl (C=S) groups is 1. The van der Waals surface area contributed by atoms with E-state index < -0.39 is 12.1 Å². The van der Waals surface area contributed by atoms with Crippen LogP contribution in [0.15, 0.2) is 30.3 Å². The molecule has 3 N–H and O–H groups in total. The third kappa shape index (κ3) is 4.40. The van der Waals surface area contributed by atoms with Crippen LogP contribution in [0, 0.1) is 0 Å². The number of hydrogen-bond acceptors (Lipinski definition) is 3. The summed E-state index contributed by atoms with van der Waals surface area (Å²) in [6.07, 6.45) is -0.709. The third-order valence-corrected chi connectivity index (χ3v) is 2.26. The Kier molecular flexibility index (Phi) is 4.90. The van der Waals surface area contributed by atoms with Crippen LogP contribution in [0.3, 0.4) is 0 Å². The van der Waals surface area contributed by atoms with Crippen LogP contribution in [0.25, 0.3) is 0 Å². The van der Waals surface area contributed by atoms with Gasteiger partial charge in [-0.05, 0) is 19.4 Å². The zero-order valence-corrected chi connectivity index (χ0v) is 10.7. The highest BCUT2D eigenvalue weighted by Gasteiger charge is 2.18. The van der Waals surface area contributed by atoms with Crippen LogP contribution in [0.5, 0.6) is 0 Å². The molecule has 1 amide bonds. The standard InChI is InChI=1S/C12H16N2O2S/c1-8(2)16-12(15)14-10(11(13)17)9-6-4-3-5-7-9/h3-8,10H,1-2H3,(H2,13,17)(H,14,15). The molecule has 1 aromatic rings. The van der Waals surface area contributed by atoms with E-state index in [-0.39, 0.29) is 11.1 Å². The van der Waals surface area contributed by atoms with Crippen molar-refractivity contribution in [2.24, 2.45) is 5.73 Å². The Morgan fingerprint density at radius 1 is 1.35 bits per heavy atom. The normalized spacial score (nSPS) is 11.9. The van der Waals surface area contributed by atoms with Gasteiger partial charge in [0.15, 0.2) is 0 Å². The van der Waals surface area contributed by atoms with Crippen LogP contribution in [-0.2, 0) is 4.74 Å². The molecule has 92 valence electrons. The van der Waals surface area contributed by atoms with Crippen molar-refractivity contribution in [3.05, 3.63) is 35.9 Å². The summed E-state index contributed by atoms with van der Waals surface area (Å²) in [6.45, 7) is 3.55. The predicted octanol–water partition coefficient (Wildman–Crippen LogP) is 2.15. The van der Waals surface area contributed by atoms with Crippen molar-refractivity contribution in [2.45, 2.75) is 26.0 Å². The number of nitrogens with two attached hydrogens (primary N) is 1. The van der Waals surface area contributed by atoms with Gasteiger partial charge in [-0.15, -0.1) is 0 Å². The lowest BCUT2D eigenvalue weighted by molar-refractivity contribution is 0.114. The van der Waals surface area contributed by atoms with Crippen molar-refractivity contribution in [3.8, 4) is 0 Å². The largest absolute Gasteiger partial charge is 0.447 e. The highest BCUT2D eigenvalue weighted by Crippen LogP contribution is 2.13. The number of carbonyl (C=O) groups excluding carboxylic acids is 1. The zero-order chi connectivity index (χ0) is 12.8. The molecule has 0 saturated carbocycles. The van der Waals surface area contributed by atoms with Gasteiger partial charge >= 0.3 is 6.09 Å². The maximum Gasteiger partial charge on any atom is 0.408 e. The third-order valence-electron chi connectivity index (χ3n) is 2.02. The van der Waals surface area contributed by atoms with E-state index in [0.717, 1.165) is 5.56 Å². The maximum absolute atomic E-state index is 11.5. The molecule has 4 nitrogen and oxygen atoms in total. The Labute approximate surface area is 106 Å². The fourth-order valence-electron chi connectivity index (χ4n) is 1.33. The Balaban J connectivity index is 2.75. The molecule has 0 aliphatic heterocycles. The van der Waals surface area contributed by atoms with E-state index in [0.29, 0.717) is 0 Å². The molecule has 0 spiro atoms. The van der Waals surface area contributed by atoms with Gasteiger partial charge in [-0.25, -0.2) is 4.79 Å². The molecule has 0 heterocycles. The van der Waals surface area contributed by atoms with E-state index in [9.17, 15) is 4.79 Å². The first kappa shape index (κ1) is 13.4. The number of amides is 1. The van der Waals surface area contributed by atoms with Gasteiger partial charge in [-0.1, -0.05) is 42.5 Å². The summed E-state index contributed by atoms with van der Waals surface area (Å²) in [5.41, 5.74) is 6.44. The molecule has 0 bridgehead atoms. The van der Waals surface area contributed by atoms with Crippen molar-refractivity contribution in [3.63, 3.8) is 0 Å². The SMILES string of the molecule is CC(C)OC(=O)NC(C(N)=S)c1ccccc1. The molecular weight excluding hydrogens is 236 g/mol. The minimum Gasteiger partial charge on any atom is -0.447 e. The second-order valence-electron chi connectivity index (χ2n) is 3.84. The van der Waals surface area contributed by atoms with Crippen molar-refractivity contribution in [2.75, 3.05) is 0 Å². The zero-order valence-electron chi connectivity index (χ0n) is 9.84. The van der Waals surface area contributed by atoms with Gasteiger partial charge in [-0.3, -0.25) is 0 Å². The molecule has 1 unspecified atom stereocenters. The van der Waals surface area contributed by atoms with E-state index >= 15 is 0 Å². The van der Waals surface area contributed by atoms with Crippen molar-refractivity contribution < 1.29 is 9.53 Å². The second kappa shape index (κ2) is 6.20. The van der Waals surface area contributed by atoms with Crippen LogP contribution in [0.4, 0.5) is 4.79 Å². The molecule has 0 fully saturated rings. The molecule has 1 rings (SSSR count). The lowest BCUT2D eigenvalue weighted by Gasteiger charge is -2.18. The number of nitrogens with one attached hydrogen (secondary N) is 1. The van der Waals surface area contributed by atoms with Gasteiger partial charge in [0, 0.05) is 0 Å². The van der Waals surface area contributed by atoms with E-state index in [1.807, 2.05) is 30.3 Å². The summed E-state index contributed by atoms with van der Waals surface area (Å²) >= 11 is 4.94. The first-order chi connectivity index (χ1) is 8.00. The fourth-order valence-corrected chi connectivity index (χ4v) is 1.53. The summed E-state index contributed by atoms with van der Waals surface area (Å²) in [5.74, 6) is 0. The Hall–Kier alpha value is -1.62. The summed E-state index contributed by atoms with van der Waals surface area (Å²) in [4.78, 5) is 11.7. The molecule has 1 aromatic carbocycles. The number of rotatable bonds is 4. The monoisotopic (exact) mass is 252 g/mol. The van der Waals surface area contributed by atoms with Crippen molar-refractivity contribution in [1.29, 1.82) is 0 Å². The summed E-state index contributed by atoms with van der Waals surface area (Å²) in [6, 6.07) is 8.79. The molecule has 0 saturated heterocycles. The molecule has 0 aliphatic rings. The smallest absolute Gasteiger partial charge is 0.408 e. The average molecular weight is 252 g/mol.